The van der Waals surface area contributed by atoms with E-state index in [1.54, 1.807) is 0 Å². The summed E-state index contributed by atoms with van der Waals surface area (Å²) in [5.74, 6) is -2.92. The number of aliphatic hydroxyl groups excluding tert-OH is 1. The molecule has 0 saturated carbocycles. The van der Waals surface area contributed by atoms with Gasteiger partial charge >= 0.3 is 11.9 Å². The Morgan fingerprint density at radius 2 is 1.94 bits per heavy atom. The van der Waals surface area contributed by atoms with Crippen molar-refractivity contribution in [1.82, 2.24) is 5.32 Å². The summed E-state index contributed by atoms with van der Waals surface area (Å²) in [6, 6.07) is -2.56. The van der Waals surface area contributed by atoms with Crippen LogP contribution in [0.25, 0.3) is 0 Å². The molecule has 0 unspecified atom stereocenters. The van der Waals surface area contributed by atoms with Gasteiger partial charge in [-0.15, -0.1) is 0 Å². The lowest BCUT2D eigenvalue weighted by atomic mass is 10.1. The molecule has 0 aliphatic carbocycles. The number of nitrogens with two attached hydrogens (primary N) is 1. The number of amides is 1. The van der Waals surface area contributed by atoms with Crippen molar-refractivity contribution in [2.24, 2.45) is 5.73 Å². The minimum atomic E-state index is -1.29. The van der Waals surface area contributed by atoms with Gasteiger partial charge in [-0.2, -0.15) is 0 Å². The summed E-state index contributed by atoms with van der Waals surface area (Å²) in [6.07, 6.45) is -1.75. The van der Waals surface area contributed by atoms with Gasteiger partial charge in [0.2, 0.25) is 5.91 Å². The van der Waals surface area contributed by atoms with E-state index < -0.39 is 42.5 Å². The number of carbonyl (C=O) groups is 3. The molecule has 0 aliphatic rings. The lowest BCUT2D eigenvalue weighted by molar-refractivity contribution is -0.148. The fraction of sp³-hybridized carbons (Fsp3) is 0.667. The zero-order valence-electron chi connectivity index (χ0n) is 9.54. The number of carboxylic acids is 1. The van der Waals surface area contributed by atoms with Gasteiger partial charge in [0.15, 0.2) is 6.04 Å². The van der Waals surface area contributed by atoms with Crippen molar-refractivity contribution >= 4 is 17.8 Å². The molecule has 5 N–H and O–H groups in total. The summed E-state index contributed by atoms with van der Waals surface area (Å²) in [5.41, 5.74) is 5.28. The van der Waals surface area contributed by atoms with E-state index in [-0.39, 0.29) is 0 Å². The van der Waals surface area contributed by atoms with Crippen LogP contribution in [0.3, 0.4) is 0 Å². The van der Waals surface area contributed by atoms with Gasteiger partial charge < -0.3 is 26.0 Å². The number of methoxy groups -OCH3 is 1. The highest BCUT2D eigenvalue weighted by atomic mass is 16.5. The number of hydrogen-bond donors (Lipinski definition) is 4. The van der Waals surface area contributed by atoms with Crippen LogP contribution in [0.5, 0.6) is 0 Å². The predicted molar refractivity (Wildman–Crippen MR) is 55.9 cm³/mol. The van der Waals surface area contributed by atoms with Crippen LogP contribution >= 0.6 is 0 Å². The second kappa shape index (κ2) is 6.81. The number of aliphatic carboxylic acids is 1. The average Bonchev–Trinajstić information content (AvgIpc) is 2.22. The second-order valence-corrected chi connectivity index (χ2v) is 3.45. The van der Waals surface area contributed by atoms with Crippen molar-refractivity contribution in [2.75, 3.05) is 7.11 Å². The fourth-order valence-corrected chi connectivity index (χ4v) is 1.04. The largest absolute Gasteiger partial charge is 0.481 e. The quantitative estimate of drug-likeness (QED) is 0.392. The van der Waals surface area contributed by atoms with E-state index in [1.165, 1.54) is 6.92 Å². The van der Waals surface area contributed by atoms with Gasteiger partial charge in [0.1, 0.15) is 0 Å². The fourth-order valence-electron chi connectivity index (χ4n) is 1.04. The normalized spacial score (nSPS) is 15.5. The summed E-state index contributed by atoms with van der Waals surface area (Å²) in [4.78, 5) is 32.9. The molecule has 0 radical (unpaired) electrons. The summed E-state index contributed by atoms with van der Waals surface area (Å²) in [5, 5.41) is 19.8. The molecule has 17 heavy (non-hydrogen) atoms. The van der Waals surface area contributed by atoms with Crippen LogP contribution in [-0.2, 0) is 19.1 Å². The van der Waals surface area contributed by atoms with Crippen molar-refractivity contribution < 1.29 is 29.3 Å². The Kier molecular flexibility index (Phi) is 6.15. The van der Waals surface area contributed by atoms with E-state index >= 15 is 0 Å². The van der Waals surface area contributed by atoms with Gasteiger partial charge in [-0.3, -0.25) is 9.59 Å². The maximum absolute atomic E-state index is 11.4. The zero-order valence-corrected chi connectivity index (χ0v) is 9.54. The molecule has 8 nitrogen and oxygen atoms in total. The van der Waals surface area contributed by atoms with Gasteiger partial charge in [-0.1, -0.05) is 0 Å². The maximum atomic E-state index is 11.4. The number of carboxylic acid groups (broad SMARTS) is 1. The molecule has 0 heterocycles. The number of aliphatic hydroxyl groups is 1. The van der Waals surface area contributed by atoms with Crippen molar-refractivity contribution in [3.63, 3.8) is 0 Å². The molecule has 0 saturated heterocycles. The van der Waals surface area contributed by atoms with Crippen molar-refractivity contribution in [1.29, 1.82) is 0 Å². The van der Waals surface area contributed by atoms with E-state index in [0.29, 0.717) is 0 Å². The van der Waals surface area contributed by atoms with Crippen LogP contribution in [0.2, 0.25) is 0 Å². The van der Waals surface area contributed by atoms with Crippen LogP contribution in [-0.4, -0.2) is 53.4 Å². The number of ether oxygens (including phenoxy) is 1. The zero-order chi connectivity index (χ0) is 13.6. The van der Waals surface area contributed by atoms with Crippen LogP contribution in [0.1, 0.15) is 13.3 Å². The molecule has 0 aromatic carbocycles. The smallest absolute Gasteiger partial charge is 0.331 e. The molecule has 0 rings (SSSR count). The Morgan fingerprint density at radius 1 is 1.41 bits per heavy atom. The second-order valence-electron chi connectivity index (χ2n) is 3.45. The first-order valence-corrected chi connectivity index (χ1v) is 4.83. The first kappa shape index (κ1) is 15.3. The highest BCUT2D eigenvalue weighted by Gasteiger charge is 2.28. The van der Waals surface area contributed by atoms with Gasteiger partial charge in [0, 0.05) is 0 Å². The Hall–Kier alpha value is -1.67. The summed E-state index contributed by atoms with van der Waals surface area (Å²) < 4.78 is 4.36. The molecular formula is C9H16N2O6. The van der Waals surface area contributed by atoms with Crippen LogP contribution < -0.4 is 11.1 Å². The molecule has 0 aliphatic heterocycles. The van der Waals surface area contributed by atoms with Crippen LogP contribution in [0.15, 0.2) is 0 Å². The Labute approximate surface area is 97.7 Å². The van der Waals surface area contributed by atoms with Crippen molar-refractivity contribution in [3.05, 3.63) is 0 Å². The summed E-state index contributed by atoms with van der Waals surface area (Å²) in [6.45, 7) is 1.28. The number of nitrogens with one attached hydrogen (secondary N) is 1. The predicted octanol–water partition coefficient (Wildman–Crippen LogP) is -2.17. The molecule has 8 heteroatoms. The third-order valence-corrected chi connectivity index (χ3v) is 1.97. The molecule has 0 aromatic rings. The van der Waals surface area contributed by atoms with E-state index in [2.05, 4.69) is 10.1 Å². The Balaban J connectivity index is 4.50. The van der Waals surface area contributed by atoms with Gasteiger partial charge in [0.25, 0.3) is 0 Å². The first-order chi connectivity index (χ1) is 7.79. The summed E-state index contributed by atoms with van der Waals surface area (Å²) in [7, 11) is 1.10. The van der Waals surface area contributed by atoms with E-state index in [1.807, 2.05) is 0 Å². The molecule has 0 aromatic heterocycles. The molecule has 0 bridgehead atoms. The van der Waals surface area contributed by atoms with Gasteiger partial charge in [-0.05, 0) is 6.92 Å². The molecule has 0 fully saturated rings. The minimum Gasteiger partial charge on any atom is -0.481 e. The lowest BCUT2D eigenvalue weighted by Crippen LogP contribution is -2.53. The lowest BCUT2D eigenvalue weighted by Gasteiger charge is -2.20. The van der Waals surface area contributed by atoms with E-state index in [9.17, 15) is 19.5 Å². The number of carbonyl (C=O) groups excluding carboxylic acids is 2. The number of hydrogen-bond acceptors (Lipinski definition) is 6. The van der Waals surface area contributed by atoms with Gasteiger partial charge in [-0.25, -0.2) is 4.79 Å². The van der Waals surface area contributed by atoms with Crippen LogP contribution in [0, 0.1) is 0 Å². The SMILES string of the molecule is COC(=O)[C@H](NC(=O)[C@@H](N)CC(=O)O)[C@@H](C)O. The molecule has 0 spiro atoms. The molecule has 3 atom stereocenters. The molecule has 1 amide bonds. The average molecular weight is 248 g/mol. The number of rotatable bonds is 6. The van der Waals surface area contributed by atoms with Gasteiger partial charge in [0.05, 0.1) is 25.7 Å². The van der Waals surface area contributed by atoms with E-state index in [0.717, 1.165) is 7.11 Å². The van der Waals surface area contributed by atoms with Crippen molar-refractivity contribution in [2.45, 2.75) is 31.5 Å². The summed E-state index contributed by atoms with van der Waals surface area (Å²) >= 11 is 0. The number of esters is 1. The highest BCUT2D eigenvalue weighted by molar-refractivity contribution is 5.90. The topological polar surface area (TPSA) is 139 Å². The van der Waals surface area contributed by atoms with E-state index in [4.69, 9.17) is 10.8 Å². The monoisotopic (exact) mass is 248 g/mol. The standard InChI is InChI=1S/C9H16N2O6/c1-4(12)7(9(16)17-2)11-8(15)5(10)3-6(13)14/h4-5,7,12H,3,10H2,1-2H3,(H,11,15)(H,13,14)/t4-,5+,7-/m1/s1. The first-order valence-electron chi connectivity index (χ1n) is 4.83. The third kappa shape index (κ3) is 5.27. The Morgan fingerprint density at radius 3 is 2.29 bits per heavy atom. The molecular weight excluding hydrogens is 232 g/mol. The highest BCUT2D eigenvalue weighted by Crippen LogP contribution is 1.98. The third-order valence-electron chi connectivity index (χ3n) is 1.97. The van der Waals surface area contributed by atoms with Crippen LogP contribution in [0.4, 0.5) is 0 Å². The maximum Gasteiger partial charge on any atom is 0.331 e. The van der Waals surface area contributed by atoms with Crippen molar-refractivity contribution in [3.8, 4) is 0 Å². The molecule has 98 valence electrons. The Bertz CT molecular complexity index is 304. The minimum absolute atomic E-state index is 0.570.